The fourth-order valence-corrected chi connectivity index (χ4v) is 2.23. The van der Waals surface area contributed by atoms with Gasteiger partial charge in [-0.1, -0.05) is 13.8 Å². The summed E-state index contributed by atoms with van der Waals surface area (Å²) in [7, 11) is 3.34. The van der Waals surface area contributed by atoms with E-state index in [9.17, 15) is 0 Å². The lowest BCUT2D eigenvalue weighted by molar-refractivity contribution is 0.352. The zero-order valence-corrected chi connectivity index (χ0v) is 10.4. The number of anilines is 1. The Balaban J connectivity index is 2.55. The lowest BCUT2D eigenvalue weighted by atomic mass is 9.78. The molecule has 0 saturated heterocycles. The van der Waals surface area contributed by atoms with E-state index in [2.05, 4.69) is 25.2 Å². The Labute approximate surface area is 96.8 Å². The van der Waals surface area contributed by atoms with Gasteiger partial charge >= 0.3 is 0 Å². The molecule has 3 heteroatoms. The molecular weight excluding hydrogens is 202 g/mol. The van der Waals surface area contributed by atoms with Crippen molar-refractivity contribution in [3.63, 3.8) is 0 Å². The van der Waals surface area contributed by atoms with Gasteiger partial charge in [-0.3, -0.25) is 0 Å². The number of nitrogens with one attached hydrogen (secondary N) is 1. The molecule has 0 amide bonds. The molecule has 0 radical (unpaired) electrons. The molecule has 0 saturated carbocycles. The first kappa shape index (κ1) is 11.1. The SMILES string of the molecule is COc1cc2c(cc1OC)C(C)(C)CCN2. The molecule has 1 heterocycles. The van der Waals surface area contributed by atoms with Crippen LogP contribution in [-0.2, 0) is 5.41 Å². The second-order valence-electron chi connectivity index (χ2n) is 4.81. The van der Waals surface area contributed by atoms with Crippen LogP contribution in [0.5, 0.6) is 11.5 Å². The molecule has 16 heavy (non-hydrogen) atoms. The summed E-state index contributed by atoms with van der Waals surface area (Å²) in [5.74, 6) is 1.59. The van der Waals surface area contributed by atoms with Crippen LogP contribution in [0.15, 0.2) is 12.1 Å². The number of rotatable bonds is 2. The van der Waals surface area contributed by atoms with Gasteiger partial charge in [-0.15, -0.1) is 0 Å². The normalized spacial score (nSPS) is 17.2. The van der Waals surface area contributed by atoms with Gasteiger partial charge in [-0.25, -0.2) is 0 Å². The third-order valence-electron chi connectivity index (χ3n) is 3.32. The van der Waals surface area contributed by atoms with Gasteiger partial charge in [-0.2, -0.15) is 0 Å². The number of hydrogen-bond acceptors (Lipinski definition) is 3. The Morgan fingerprint density at radius 3 is 2.38 bits per heavy atom. The summed E-state index contributed by atoms with van der Waals surface area (Å²) in [4.78, 5) is 0. The van der Waals surface area contributed by atoms with Crippen LogP contribution in [0.1, 0.15) is 25.8 Å². The predicted molar refractivity (Wildman–Crippen MR) is 65.7 cm³/mol. The molecule has 3 nitrogen and oxygen atoms in total. The van der Waals surface area contributed by atoms with Crippen molar-refractivity contribution >= 4 is 5.69 Å². The largest absolute Gasteiger partial charge is 0.493 e. The van der Waals surface area contributed by atoms with Crippen LogP contribution in [0, 0.1) is 0 Å². The highest BCUT2D eigenvalue weighted by Crippen LogP contribution is 2.42. The van der Waals surface area contributed by atoms with Gasteiger partial charge in [0.1, 0.15) is 0 Å². The highest BCUT2D eigenvalue weighted by atomic mass is 16.5. The van der Waals surface area contributed by atoms with Crippen molar-refractivity contribution in [3.05, 3.63) is 17.7 Å². The van der Waals surface area contributed by atoms with E-state index in [0.717, 1.165) is 30.2 Å². The fourth-order valence-electron chi connectivity index (χ4n) is 2.23. The van der Waals surface area contributed by atoms with Gasteiger partial charge in [0.25, 0.3) is 0 Å². The standard InChI is InChI=1S/C13H19NO2/c1-13(2)5-6-14-10-8-12(16-4)11(15-3)7-9(10)13/h7-8,14H,5-6H2,1-4H3. The lowest BCUT2D eigenvalue weighted by Crippen LogP contribution is -2.28. The van der Waals surface area contributed by atoms with Crippen molar-refractivity contribution in [3.8, 4) is 11.5 Å². The van der Waals surface area contributed by atoms with Crippen LogP contribution < -0.4 is 14.8 Å². The van der Waals surface area contributed by atoms with Crippen LogP contribution in [0.25, 0.3) is 0 Å². The van der Waals surface area contributed by atoms with Gasteiger partial charge in [0.2, 0.25) is 0 Å². The number of fused-ring (bicyclic) bond motifs is 1. The van der Waals surface area contributed by atoms with E-state index in [0.29, 0.717) is 0 Å². The number of methoxy groups -OCH3 is 2. The van der Waals surface area contributed by atoms with Crippen LogP contribution in [0.3, 0.4) is 0 Å². The van der Waals surface area contributed by atoms with Crippen molar-refractivity contribution in [2.45, 2.75) is 25.7 Å². The van der Waals surface area contributed by atoms with Gasteiger partial charge in [0.15, 0.2) is 11.5 Å². The molecule has 0 spiro atoms. The Bertz CT molecular complexity index is 399. The molecule has 0 bridgehead atoms. The monoisotopic (exact) mass is 221 g/mol. The smallest absolute Gasteiger partial charge is 0.162 e. The van der Waals surface area contributed by atoms with Gasteiger partial charge in [0.05, 0.1) is 14.2 Å². The van der Waals surface area contributed by atoms with E-state index in [1.54, 1.807) is 14.2 Å². The van der Waals surface area contributed by atoms with Crippen molar-refractivity contribution in [1.29, 1.82) is 0 Å². The van der Waals surface area contributed by atoms with E-state index in [1.807, 2.05) is 6.07 Å². The summed E-state index contributed by atoms with van der Waals surface area (Å²) in [5.41, 5.74) is 2.66. The zero-order valence-electron chi connectivity index (χ0n) is 10.4. The lowest BCUT2D eigenvalue weighted by Gasteiger charge is -2.33. The van der Waals surface area contributed by atoms with Crippen molar-refractivity contribution in [2.75, 3.05) is 26.1 Å². The molecule has 88 valence electrons. The average molecular weight is 221 g/mol. The van der Waals surface area contributed by atoms with Crippen LogP contribution in [0.2, 0.25) is 0 Å². The third kappa shape index (κ3) is 1.70. The third-order valence-corrected chi connectivity index (χ3v) is 3.32. The maximum atomic E-state index is 5.34. The van der Waals surface area contributed by atoms with E-state index in [-0.39, 0.29) is 5.41 Å². The Morgan fingerprint density at radius 2 is 1.75 bits per heavy atom. The molecule has 0 atom stereocenters. The molecule has 1 aromatic carbocycles. The van der Waals surface area contributed by atoms with E-state index < -0.39 is 0 Å². The Morgan fingerprint density at radius 1 is 1.12 bits per heavy atom. The first-order valence-electron chi connectivity index (χ1n) is 5.59. The molecular formula is C13H19NO2. The Kier molecular flexibility index (Phi) is 2.70. The minimum absolute atomic E-state index is 0.195. The average Bonchev–Trinajstić information content (AvgIpc) is 2.27. The summed E-state index contributed by atoms with van der Waals surface area (Å²) in [6.45, 7) is 5.53. The van der Waals surface area contributed by atoms with Gasteiger partial charge in [-0.05, 0) is 23.5 Å². The Hall–Kier alpha value is -1.38. The molecule has 2 rings (SSSR count). The maximum absolute atomic E-state index is 5.34. The van der Waals surface area contributed by atoms with Crippen molar-refractivity contribution in [2.24, 2.45) is 0 Å². The second kappa shape index (κ2) is 3.89. The van der Waals surface area contributed by atoms with Crippen LogP contribution in [0.4, 0.5) is 5.69 Å². The summed E-state index contributed by atoms with van der Waals surface area (Å²) >= 11 is 0. The van der Waals surface area contributed by atoms with Crippen molar-refractivity contribution in [1.82, 2.24) is 0 Å². The first-order valence-corrected chi connectivity index (χ1v) is 5.59. The minimum atomic E-state index is 0.195. The number of benzene rings is 1. The molecule has 1 aliphatic heterocycles. The summed E-state index contributed by atoms with van der Waals surface area (Å²) in [5, 5.41) is 3.41. The minimum Gasteiger partial charge on any atom is -0.493 e. The molecule has 1 aromatic rings. The van der Waals surface area contributed by atoms with E-state index in [4.69, 9.17) is 9.47 Å². The molecule has 0 unspecified atom stereocenters. The first-order chi connectivity index (χ1) is 7.58. The molecule has 0 fully saturated rings. The van der Waals surface area contributed by atoms with Crippen LogP contribution >= 0.6 is 0 Å². The van der Waals surface area contributed by atoms with Gasteiger partial charge in [0, 0.05) is 18.3 Å². The molecule has 0 aliphatic carbocycles. The maximum Gasteiger partial charge on any atom is 0.162 e. The highest BCUT2D eigenvalue weighted by Gasteiger charge is 2.28. The molecule has 0 aromatic heterocycles. The van der Waals surface area contributed by atoms with E-state index >= 15 is 0 Å². The number of ether oxygens (including phenoxy) is 2. The molecule has 1 N–H and O–H groups in total. The predicted octanol–water partition coefficient (Wildman–Crippen LogP) is 2.80. The number of hydrogen-bond donors (Lipinski definition) is 1. The summed E-state index contributed by atoms with van der Waals surface area (Å²) in [6.07, 6.45) is 1.13. The second-order valence-corrected chi connectivity index (χ2v) is 4.81. The summed E-state index contributed by atoms with van der Waals surface area (Å²) < 4.78 is 10.6. The van der Waals surface area contributed by atoms with E-state index in [1.165, 1.54) is 5.56 Å². The summed E-state index contributed by atoms with van der Waals surface area (Å²) in [6, 6.07) is 4.11. The van der Waals surface area contributed by atoms with Gasteiger partial charge < -0.3 is 14.8 Å². The zero-order chi connectivity index (χ0) is 11.8. The highest BCUT2D eigenvalue weighted by molar-refractivity contribution is 5.64. The quantitative estimate of drug-likeness (QED) is 0.833. The van der Waals surface area contributed by atoms with Crippen LogP contribution in [-0.4, -0.2) is 20.8 Å². The van der Waals surface area contributed by atoms with Crippen molar-refractivity contribution < 1.29 is 9.47 Å². The molecule has 1 aliphatic rings. The fraction of sp³-hybridized carbons (Fsp3) is 0.538. The topological polar surface area (TPSA) is 30.5 Å².